The van der Waals surface area contributed by atoms with Gasteiger partial charge in [-0.1, -0.05) is 41.9 Å². The van der Waals surface area contributed by atoms with Crippen LogP contribution in [0.25, 0.3) is 0 Å². The summed E-state index contributed by atoms with van der Waals surface area (Å²) in [6, 6.07) is 10.0. The van der Waals surface area contributed by atoms with E-state index in [1.807, 2.05) is 30.3 Å². The second kappa shape index (κ2) is 7.18. The maximum absolute atomic E-state index is 12.5. The van der Waals surface area contributed by atoms with Gasteiger partial charge in [0.25, 0.3) is 5.56 Å². The molecular formula is C19H22ClN3O2. The van der Waals surface area contributed by atoms with Gasteiger partial charge in [-0.15, -0.1) is 0 Å². The molecule has 0 bridgehead atoms. The van der Waals surface area contributed by atoms with Crippen LogP contribution in [0.5, 0.6) is 0 Å². The summed E-state index contributed by atoms with van der Waals surface area (Å²) >= 11 is 6.33. The van der Waals surface area contributed by atoms with Crippen LogP contribution in [0, 0.1) is 5.92 Å². The first kappa shape index (κ1) is 16.6. The van der Waals surface area contributed by atoms with Crippen molar-refractivity contribution in [2.75, 3.05) is 11.9 Å². The fourth-order valence-corrected chi connectivity index (χ4v) is 3.61. The zero-order valence-electron chi connectivity index (χ0n) is 14.0. The summed E-state index contributed by atoms with van der Waals surface area (Å²) in [4.78, 5) is 12.5. The van der Waals surface area contributed by atoms with Crippen LogP contribution in [0.4, 0.5) is 5.69 Å². The second-order valence-electron chi connectivity index (χ2n) is 6.93. The van der Waals surface area contributed by atoms with Crippen molar-refractivity contribution in [2.45, 2.75) is 44.4 Å². The van der Waals surface area contributed by atoms with Gasteiger partial charge in [-0.05, 0) is 37.2 Å². The Hall–Kier alpha value is -1.85. The molecule has 2 heterocycles. The molecule has 1 aromatic carbocycles. The van der Waals surface area contributed by atoms with Crippen LogP contribution < -0.4 is 10.9 Å². The molecule has 4 rings (SSSR count). The molecule has 5 nitrogen and oxygen atoms in total. The van der Waals surface area contributed by atoms with E-state index >= 15 is 0 Å². The average Bonchev–Trinajstić information content (AvgIpc) is 3.48. The Morgan fingerprint density at radius 3 is 2.80 bits per heavy atom. The molecule has 25 heavy (non-hydrogen) atoms. The first-order valence-corrected chi connectivity index (χ1v) is 9.26. The molecule has 1 saturated carbocycles. The maximum atomic E-state index is 12.5. The number of rotatable bonds is 5. The SMILES string of the molecule is O=c1c(Cl)c(NC2CCOC(C3CC3)C2)cnn1Cc1ccccc1. The molecule has 1 aromatic heterocycles. The summed E-state index contributed by atoms with van der Waals surface area (Å²) in [6.07, 6.45) is 6.44. The van der Waals surface area contributed by atoms with E-state index in [9.17, 15) is 4.79 Å². The Morgan fingerprint density at radius 1 is 1.24 bits per heavy atom. The number of aromatic nitrogens is 2. The minimum atomic E-state index is -0.263. The second-order valence-corrected chi connectivity index (χ2v) is 7.31. The minimum absolute atomic E-state index is 0.209. The maximum Gasteiger partial charge on any atom is 0.287 e. The van der Waals surface area contributed by atoms with Gasteiger partial charge in [0.1, 0.15) is 5.02 Å². The van der Waals surface area contributed by atoms with Crippen LogP contribution in [0.3, 0.4) is 0 Å². The van der Waals surface area contributed by atoms with Gasteiger partial charge in [-0.2, -0.15) is 5.10 Å². The number of nitrogens with zero attached hydrogens (tertiary/aromatic N) is 2. The number of ether oxygens (including phenoxy) is 1. The number of hydrogen-bond donors (Lipinski definition) is 1. The molecule has 2 aromatic rings. The lowest BCUT2D eigenvalue weighted by Crippen LogP contribution is -2.36. The summed E-state index contributed by atoms with van der Waals surface area (Å²) in [6.45, 7) is 1.18. The van der Waals surface area contributed by atoms with E-state index in [0.717, 1.165) is 30.9 Å². The smallest absolute Gasteiger partial charge is 0.287 e. The highest BCUT2D eigenvalue weighted by Crippen LogP contribution is 2.38. The van der Waals surface area contributed by atoms with E-state index in [1.54, 1.807) is 6.20 Å². The average molecular weight is 360 g/mol. The predicted octanol–water partition coefficient (Wildman–Crippen LogP) is 3.31. The van der Waals surface area contributed by atoms with Crippen molar-refractivity contribution in [3.63, 3.8) is 0 Å². The van der Waals surface area contributed by atoms with E-state index in [-0.39, 0.29) is 16.6 Å². The van der Waals surface area contributed by atoms with Crippen LogP contribution in [-0.4, -0.2) is 28.5 Å². The largest absolute Gasteiger partial charge is 0.379 e. The lowest BCUT2D eigenvalue weighted by Gasteiger charge is -2.31. The van der Waals surface area contributed by atoms with Gasteiger partial charge in [0.2, 0.25) is 0 Å². The molecule has 2 aliphatic rings. The van der Waals surface area contributed by atoms with Gasteiger partial charge in [0, 0.05) is 12.6 Å². The van der Waals surface area contributed by atoms with Gasteiger partial charge in [-0.25, -0.2) is 4.68 Å². The monoisotopic (exact) mass is 359 g/mol. The van der Waals surface area contributed by atoms with Crippen molar-refractivity contribution in [1.29, 1.82) is 0 Å². The fraction of sp³-hybridized carbons (Fsp3) is 0.474. The highest BCUT2D eigenvalue weighted by atomic mass is 35.5. The third-order valence-corrected chi connectivity index (χ3v) is 5.35. The van der Waals surface area contributed by atoms with Gasteiger partial charge < -0.3 is 10.1 Å². The third-order valence-electron chi connectivity index (χ3n) is 4.98. The standard InChI is InChI=1S/C19H22ClN3O2/c20-18-16(22-15-8-9-25-17(10-15)14-6-7-14)11-21-23(19(18)24)12-13-4-2-1-3-5-13/h1-5,11,14-15,17,22H,6-10,12H2. The first-order valence-electron chi connectivity index (χ1n) is 8.88. The Morgan fingerprint density at radius 2 is 2.04 bits per heavy atom. The molecule has 2 fully saturated rings. The lowest BCUT2D eigenvalue weighted by atomic mass is 10.00. The molecule has 1 aliphatic carbocycles. The molecular weight excluding hydrogens is 338 g/mol. The van der Waals surface area contributed by atoms with Crippen LogP contribution >= 0.6 is 11.6 Å². The molecule has 6 heteroatoms. The molecule has 2 unspecified atom stereocenters. The predicted molar refractivity (Wildman–Crippen MR) is 98.2 cm³/mol. The minimum Gasteiger partial charge on any atom is -0.379 e. The van der Waals surface area contributed by atoms with Crippen LogP contribution in [0.15, 0.2) is 41.3 Å². The summed E-state index contributed by atoms with van der Waals surface area (Å²) in [7, 11) is 0. The third kappa shape index (κ3) is 3.88. The van der Waals surface area contributed by atoms with Crippen LogP contribution in [0.1, 0.15) is 31.2 Å². The molecule has 1 aliphatic heterocycles. The summed E-state index contributed by atoms with van der Waals surface area (Å²) in [5.41, 5.74) is 1.38. The highest BCUT2D eigenvalue weighted by molar-refractivity contribution is 6.32. The zero-order chi connectivity index (χ0) is 17.2. The Bertz CT molecular complexity index is 789. The van der Waals surface area contributed by atoms with Gasteiger partial charge >= 0.3 is 0 Å². The zero-order valence-corrected chi connectivity index (χ0v) is 14.8. The van der Waals surface area contributed by atoms with E-state index < -0.39 is 0 Å². The van der Waals surface area contributed by atoms with Crippen molar-refractivity contribution in [2.24, 2.45) is 5.92 Å². The van der Waals surface area contributed by atoms with Gasteiger partial charge in [0.15, 0.2) is 0 Å². The fourth-order valence-electron chi connectivity index (χ4n) is 3.41. The van der Waals surface area contributed by atoms with Crippen molar-refractivity contribution in [3.05, 3.63) is 57.5 Å². The number of halogens is 1. The van der Waals surface area contributed by atoms with Gasteiger partial charge in [0.05, 0.1) is 24.5 Å². The van der Waals surface area contributed by atoms with E-state index in [2.05, 4.69) is 10.4 Å². The molecule has 132 valence electrons. The quantitative estimate of drug-likeness (QED) is 0.889. The number of benzene rings is 1. The van der Waals surface area contributed by atoms with Crippen molar-refractivity contribution in [1.82, 2.24) is 9.78 Å². The first-order chi connectivity index (χ1) is 12.2. The topological polar surface area (TPSA) is 56.1 Å². The number of anilines is 1. The Kier molecular flexibility index (Phi) is 4.77. The molecule has 2 atom stereocenters. The summed E-state index contributed by atoms with van der Waals surface area (Å²) in [5.74, 6) is 0.720. The number of hydrogen-bond acceptors (Lipinski definition) is 4. The molecule has 1 saturated heterocycles. The highest BCUT2D eigenvalue weighted by Gasteiger charge is 2.36. The Balaban J connectivity index is 1.47. The molecule has 0 spiro atoms. The van der Waals surface area contributed by atoms with Crippen molar-refractivity contribution < 1.29 is 4.74 Å². The van der Waals surface area contributed by atoms with E-state index in [1.165, 1.54) is 17.5 Å². The summed E-state index contributed by atoms with van der Waals surface area (Å²) < 4.78 is 7.26. The molecule has 0 amide bonds. The number of nitrogens with one attached hydrogen (secondary N) is 1. The summed E-state index contributed by atoms with van der Waals surface area (Å²) in [5, 5.41) is 7.91. The van der Waals surface area contributed by atoms with Crippen molar-refractivity contribution >= 4 is 17.3 Å². The molecule has 1 N–H and O–H groups in total. The van der Waals surface area contributed by atoms with E-state index in [0.29, 0.717) is 18.3 Å². The molecule has 0 radical (unpaired) electrons. The van der Waals surface area contributed by atoms with Gasteiger partial charge in [-0.3, -0.25) is 4.79 Å². The Labute approximate surface area is 152 Å². The van der Waals surface area contributed by atoms with E-state index in [4.69, 9.17) is 16.3 Å². The van der Waals surface area contributed by atoms with Crippen LogP contribution in [-0.2, 0) is 11.3 Å². The lowest BCUT2D eigenvalue weighted by molar-refractivity contribution is -0.00219. The normalized spacial score (nSPS) is 23.4. The van der Waals surface area contributed by atoms with Crippen LogP contribution in [0.2, 0.25) is 5.02 Å². The van der Waals surface area contributed by atoms with Crippen molar-refractivity contribution in [3.8, 4) is 0 Å².